The Kier molecular flexibility index (Phi) is 3.79. The van der Waals surface area contributed by atoms with Gasteiger partial charge in [0.25, 0.3) is 0 Å². The van der Waals surface area contributed by atoms with Gasteiger partial charge in [-0.2, -0.15) is 13.2 Å². The van der Waals surface area contributed by atoms with Crippen LogP contribution in [0.3, 0.4) is 0 Å². The number of hydrogen-bond donors (Lipinski definition) is 1. The van der Waals surface area contributed by atoms with Gasteiger partial charge < -0.3 is 9.84 Å². The third kappa shape index (κ3) is 2.99. The average molecular weight is 222 g/mol. The molecular formula is C10H13F3O2. The molecule has 0 fully saturated rings. The Morgan fingerprint density at radius 3 is 2.53 bits per heavy atom. The van der Waals surface area contributed by atoms with E-state index < -0.39 is 11.7 Å². The number of rotatable bonds is 3. The number of alkyl halides is 3. The van der Waals surface area contributed by atoms with Crippen molar-refractivity contribution in [1.82, 2.24) is 0 Å². The van der Waals surface area contributed by atoms with E-state index in [0.29, 0.717) is 12.0 Å². The highest BCUT2D eigenvalue weighted by Crippen LogP contribution is 2.35. The minimum Gasteiger partial charge on any atom is -0.498 e. The second-order valence-corrected chi connectivity index (χ2v) is 3.23. The van der Waals surface area contributed by atoms with Crippen molar-refractivity contribution in [2.75, 3.05) is 13.2 Å². The molecular weight excluding hydrogens is 209 g/mol. The van der Waals surface area contributed by atoms with Crippen LogP contribution in [0.2, 0.25) is 0 Å². The number of ether oxygens (including phenoxy) is 1. The average Bonchev–Trinajstić information content (AvgIpc) is 2.17. The molecule has 0 unspecified atom stereocenters. The molecule has 0 amide bonds. The molecule has 1 aliphatic rings. The van der Waals surface area contributed by atoms with E-state index in [1.165, 1.54) is 0 Å². The zero-order valence-corrected chi connectivity index (χ0v) is 8.40. The van der Waals surface area contributed by atoms with E-state index in [1.54, 1.807) is 6.92 Å². The fourth-order valence-corrected chi connectivity index (χ4v) is 1.45. The first-order valence-electron chi connectivity index (χ1n) is 4.72. The van der Waals surface area contributed by atoms with Crippen LogP contribution in [0, 0.1) is 0 Å². The van der Waals surface area contributed by atoms with E-state index in [4.69, 9.17) is 9.84 Å². The zero-order chi connectivity index (χ0) is 11.5. The lowest BCUT2D eigenvalue weighted by molar-refractivity contribution is -0.0924. The molecule has 1 N–H and O–H groups in total. The van der Waals surface area contributed by atoms with Crippen LogP contribution in [0.15, 0.2) is 23.0 Å². The van der Waals surface area contributed by atoms with Gasteiger partial charge in [-0.05, 0) is 25.0 Å². The highest BCUT2D eigenvalue weighted by atomic mass is 19.4. The third-order valence-corrected chi connectivity index (χ3v) is 2.15. The maximum atomic E-state index is 12.6. The molecule has 0 atom stereocenters. The topological polar surface area (TPSA) is 29.5 Å². The second-order valence-electron chi connectivity index (χ2n) is 3.23. The lowest BCUT2D eigenvalue weighted by Gasteiger charge is -2.21. The van der Waals surface area contributed by atoms with Crippen molar-refractivity contribution in [3.63, 3.8) is 0 Å². The van der Waals surface area contributed by atoms with Gasteiger partial charge >= 0.3 is 6.18 Å². The summed E-state index contributed by atoms with van der Waals surface area (Å²) in [5, 5.41) is 8.79. The number of allylic oxidation sites excluding steroid dienone is 3. The molecule has 1 aliphatic carbocycles. The first kappa shape index (κ1) is 12.1. The number of halogens is 3. The van der Waals surface area contributed by atoms with Crippen molar-refractivity contribution in [1.29, 1.82) is 0 Å². The minimum absolute atomic E-state index is 0.0257. The van der Waals surface area contributed by atoms with E-state index in [0.717, 1.165) is 6.08 Å². The second kappa shape index (κ2) is 4.70. The molecule has 2 nitrogen and oxygen atoms in total. The molecule has 0 bridgehead atoms. The summed E-state index contributed by atoms with van der Waals surface area (Å²) in [6.07, 6.45) is -2.81. The van der Waals surface area contributed by atoms with Crippen molar-refractivity contribution in [3.05, 3.63) is 23.0 Å². The Bertz CT molecular complexity index is 290. The Morgan fingerprint density at radius 1 is 1.40 bits per heavy atom. The molecule has 0 heterocycles. The van der Waals surface area contributed by atoms with Crippen molar-refractivity contribution in [3.8, 4) is 0 Å². The van der Waals surface area contributed by atoms with Gasteiger partial charge in [0, 0.05) is 6.42 Å². The Balaban J connectivity index is 3.02. The van der Waals surface area contributed by atoms with E-state index in [9.17, 15) is 13.2 Å². The summed E-state index contributed by atoms with van der Waals surface area (Å²) in [6.45, 7) is 1.53. The lowest BCUT2D eigenvalue weighted by Crippen LogP contribution is -2.18. The largest absolute Gasteiger partial charge is 0.498 e. The minimum atomic E-state index is -4.41. The van der Waals surface area contributed by atoms with Crippen molar-refractivity contribution in [2.45, 2.75) is 25.9 Å². The monoisotopic (exact) mass is 222 g/mol. The quantitative estimate of drug-likeness (QED) is 0.795. The summed E-state index contributed by atoms with van der Waals surface area (Å²) in [4.78, 5) is 0. The molecule has 0 radical (unpaired) electrons. The number of hydrogen-bond acceptors (Lipinski definition) is 2. The summed E-state index contributed by atoms with van der Waals surface area (Å²) in [5.74, 6) is -0.0257. The fourth-order valence-electron chi connectivity index (χ4n) is 1.45. The summed E-state index contributed by atoms with van der Waals surface area (Å²) in [6, 6.07) is 0. The van der Waals surface area contributed by atoms with Gasteiger partial charge in [-0.15, -0.1) is 0 Å². The number of aliphatic hydroxyl groups excluding tert-OH is 1. The first-order valence-corrected chi connectivity index (χ1v) is 4.72. The van der Waals surface area contributed by atoms with Gasteiger partial charge in [0.05, 0.1) is 18.8 Å². The molecule has 0 aromatic rings. The summed E-state index contributed by atoms with van der Waals surface area (Å²) >= 11 is 0. The van der Waals surface area contributed by atoms with Crippen LogP contribution in [0.1, 0.15) is 19.8 Å². The van der Waals surface area contributed by atoms with Crippen LogP contribution < -0.4 is 0 Å². The highest BCUT2D eigenvalue weighted by Gasteiger charge is 2.37. The zero-order valence-electron chi connectivity index (χ0n) is 8.40. The smallest absolute Gasteiger partial charge is 0.419 e. The van der Waals surface area contributed by atoms with E-state index in [2.05, 4.69) is 0 Å². The van der Waals surface area contributed by atoms with Gasteiger partial charge in [-0.3, -0.25) is 0 Å². The van der Waals surface area contributed by atoms with E-state index >= 15 is 0 Å². The molecule has 0 aromatic heterocycles. The molecule has 5 heteroatoms. The van der Waals surface area contributed by atoms with Crippen molar-refractivity contribution < 1.29 is 23.0 Å². The van der Waals surface area contributed by atoms with Gasteiger partial charge in [0.2, 0.25) is 0 Å². The molecule has 0 aromatic carbocycles. The predicted octanol–water partition coefficient (Wildman–Crippen LogP) is 2.55. The van der Waals surface area contributed by atoms with Crippen LogP contribution in [-0.4, -0.2) is 24.5 Å². The van der Waals surface area contributed by atoms with E-state index in [-0.39, 0.29) is 25.4 Å². The molecule has 0 saturated heterocycles. The van der Waals surface area contributed by atoms with Gasteiger partial charge in [-0.25, -0.2) is 0 Å². The highest BCUT2D eigenvalue weighted by molar-refractivity contribution is 5.34. The summed E-state index contributed by atoms with van der Waals surface area (Å²) in [7, 11) is 0. The Labute approximate surface area is 86.0 Å². The SMILES string of the molecule is CCOC1=C(C(F)(F)F)C=C(CO)CC1. The first-order chi connectivity index (χ1) is 6.99. The maximum Gasteiger partial charge on any atom is 0.419 e. The van der Waals surface area contributed by atoms with Gasteiger partial charge in [-0.1, -0.05) is 0 Å². The standard InChI is InChI=1S/C10H13F3O2/c1-2-15-9-4-3-7(6-14)5-8(9)10(11,12)13/h5,14H,2-4,6H2,1H3. The third-order valence-electron chi connectivity index (χ3n) is 2.15. The Morgan fingerprint density at radius 2 is 2.07 bits per heavy atom. The molecule has 86 valence electrons. The van der Waals surface area contributed by atoms with Gasteiger partial charge in [0.15, 0.2) is 0 Å². The van der Waals surface area contributed by atoms with Gasteiger partial charge in [0.1, 0.15) is 5.76 Å². The normalized spacial score (nSPS) is 17.8. The van der Waals surface area contributed by atoms with Crippen LogP contribution in [-0.2, 0) is 4.74 Å². The predicted molar refractivity (Wildman–Crippen MR) is 49.1 cm³/mol. The van der Waals surface area contributed by atoms with Crippen LogP contribution in [0.5, 0.6) is 0 Å². The van der Waals surface area contributed by atoms with Crippen LogP contribution in [0.4, 0.5) is 13.2 Å². The maximum absolute atomic E-state index is 12.6. The molecule has 0 spiro atoms. The fraction of sp³-hybridized carbons (Fsp3) is 0.600. The molecule has 15 heavy (non-hydrogen) atoms. The summed E-state index contributed by atoms with van der Waals surface area (Å²) < 4.78 is 42.6. The molecule has 1 rings (SSSR count). The van der Waals surface area contributed by atoms with Crippen molar-refractivity contribution in [2.24, 2.45) is 0 Å². The van der Waals surface area contributed by atoms with E-state index in [1.807, 2.05) is 0 Å². The summed E-state index contributed by atoms with van der Waals surface area (Å²) in [5.41, 5.74) is -0.370. The number of aliphatic hydroxyl groups is 1. The van der Waals surface area contributed by atoms with Crippen LogP contribution >= 0.6 is 0 Å². The molecule has 0 aliphatic heterocycles. The molecule has 0 saturated carbocycles. The van der Waals surface area contributed by atoms with Crippen molar-refractivity contribution >= 4 is 0 Å². The lowest BCUT2D eigenvalue weighted by atomic mass is 9.98. The Hall–Kier alpha value is -0.970. The van der Waals surface area contributed by atoms with Crippen LogP contribution in [0.25, 0.3) is 0 Å².